The minimum Gasteiger partial charge on any atom is -0.492 e. The largest absolute Gasteiger partial charge is 0.492 e. The molecule has 3 aromatic rings. The summed E-state index contributed by atoms with van der Waals surface area (Å²) in [4.78, 5) is 26.9. The van der Waals surface area contributed by atoms with E-state index in [2.05, 4.69) is 11.9 Å². The van der Waals surface area contributed by atoms with Crippen LogP contribution in [0.3, 0.4) is 0 Å². The molecule has 1 amide bonds. The Bertz CT molecular complexity index is 1450. The highest BCUT2D eigenvalue weighted by molar-refractivity contribution is 5.91. The maximum atomic E-state index is 13.5. The molecule has 1 saturated heterocycles. The van der Waals surface area contributed by atoms with Gasteiger partial charge in [-0.3, -0.25) is 4.79 Å². The van der Waals surface area contributed by atoms with Crippen LogP contribution in [0.5, 0.6) is 0 Å². The van der Waals surface area contributed by atoms with Crippen molar-refractivity contribution in [2.45, 2.75) is 82.0 Å². The Morgan fingerprint density at radius 1 is 1.05 bits per heavy atom. The lowest BCUT2D eigenvalue weighted by atomic mass is 9.91. The van der Waals surface area contributed by atoms with Gasteiger partial charge in [-0.05, 0) is 38.5 Å². The third-order valence-corrected chi connectivity index (χ3v) is 7.39. The first-order chi connectivity index (χ1) is 20.8. The quantitative estimate of drug-likeness (QED) is 0.183. The number of carbonyl (C=O) groups excluding carboxylic acids is 2. The molecule has 4 rings (SSSR count). The predicted molar refractivity (Wildman–Crippen MR) is 163 cm³/mol. The third-order valence-electron chi connectivity index (χ3n) is 7.39. The van der Waals surface area contributed by atoms with Crippen LogP contribution in [0.2, 0.25) is 0 Å². The number of hydrogen-bond acceptors (Lipinski definition) is 10. The number of amides is 1. The number of aromatic nitrogens is 1. The summed E-state index contributed by atoms with van der Waals surface area (Å²) in [6.45, 7) is 9.38. The Morgan fingerprint density at radius 3 is 2.36 bits per heavy atom. The molecule has 7 atom stereocenters. The molecule has 0 radical (unpaired) electrons. The molecule has 0 aliphatic carbocycles. The zero-order valence-corrected chi connectivity index (χ0v) is 25.1. The Morgan fingerprint density at radius 2 is 1.70 bits per heavy atom. The Balaban J connectivity index is 1.63. The van der Waals surface area contributed by atoms with E-state index in [4.69, 9.17) is 25.7 Å². The SMILES string of the molecule is C=C(OCc1ccccc1)[C@H](Cc1cc2ccccc2n1C(=O)OC(C)(C)C)NC(=O)C(N)[C@@H]1OC(CN)[C@@H](O)C(O)C1O. The molecule has 44 heavy (non-hydrogen) atoms. The van der Waals surface area contributed by atoms with Crippen molar-refractivity contribution < 1.29 is 39.1 Å². The molecule has 8 N–H and O–H groups in total. The molecule has 4 unspecified atom stereocenters. The van der Waals surface area contributed by atoms with Crippen LogP contribution in [0.15, 0.2) is 73.0 Å². The molecule has 1 fully saturated rings. The number of nitrogens with zero attached hydrogens (tertiary/aromatic N) is 1. The predicted octanol–water partition coefficient (Wildman–Crippen LogP) is 1.32. The number of ether oxygens (including phenoxy) is 3. The van der Waals surface area contributed by atoms with Crippen molar-refractivity contribution in [1.29, 1.82) is 0 Å². The van der Waals surface area contributed by atoms with Crippen molar-refractivity contribution in [1.82, 2.24) is 9.88 Å². The number of rotatable bonds is 10. The number of para-hydroxylation sites is 1. The van der Waals surface area contributed by atoms with E-state index in [1.807, 2.05) is 54.6 Å². The van der Waals surface area contributed by atoms with Crippen LogP contribution in [0, 0.1) is 0 Å². The van der Waals surface area contributed by atoms with Crippen LogP contribution >= 0.6 is 0 Å². The Labute approximate surface area is 256 Å². The summed E-state index contributed by atoms with van der Waals surface area (Å²) in [5.74, 6) is -0.557. The molecule has 0 spiro atoms. The Hall–Kier alpha value is -3.78. The van der Waals surface area contributed by atoms with Crippen molar-refractivity contribution in [2.24, 2.45) is 11.5 Å². The average Bonchev–Trinajstić information content (AvgIpc) is 3.36. The van der Waals surface area contributed by atoms with Gasteiger partial charge in [-0.15, -0.1) is 0 Å². The van der Waals surface area contributed by atoms with Gasteiger partial charge in [0, 0.05) is 24.0 Å². The summed E-state index contributed by atoms with van der Waals surface area (Å²) in [6.07, 6.45) is -7.66. The minimum atomic E-state index is -1.65. The van der Waals surface area contributed by atoms with E-state index in [0.717, 1.165) is 10.9 Å². The molecular weight excluding hydrogens is 568 g/mol. The fraction of sp³-hybridized carbons (Fsp3) is 0.438. The lowest BCUT2D eigenvalue weighted by molar-refractivity contribution is -0.223. The van der Waals surface area contributed by atoms with Crippen LogP contribution in [-0.2, 0) is 32.0 Å². The molecule has 1 aliphatic heterocycles. The van der Waals surface area contributed by atoms with Crippen molar-refractivity contribution in [3.63, 3.8) is 0 Å². The molecule has 12 heteroatoms. The Kier molecular flexibility index (Phi) is 10.5. The van der Waals surface area contributed by atoms with Crippen molar-refractivity contribution in [3.8, 4) is 0 Å². The summed E-state index contributed by atoms with van der Waals surface area (Å²) in [5, 5.41) is 34.6. The van der Waals surface area contributed by atoms with Crippen LogP contribution in [0.1, 0.15) is 32.0 Å². The molecule has 0 saturated carbocycles. The molecule has 1 aliphatic rings. The maximum absolute atomic E-state index is 13.5. The van der Waals surface area contributed by atoms with E-state index in [0.29, 0.717) is 11.2 Å². The number of nitrogens with two attached hydrogens (primary N) is 2. The molecular formula is C32H42N4O8. The number of aliphatic hydroxyl groups is 3. The topological polar surface area (TPSA) is 192 Å². The van der Waals surface area contributed by atoms with E-state index in [9.17, 15) is 24.9 Å². The highest BCUT2D eigenvalue weighted by Gasteiger charge is 2.47. The number of carbonyl (C=O) groups is 2. The smallest absolute Gasteiger partial charge is 0.419 e. The second kappa shape index (κ2) is 13.9. The van der Waals surface area contributed by atoms with Crippen LogP contribution < -0.4 is 16.8 Å². The summed E-state index contributed by atoms with van der Waals surface area (Å²) in [5.41, 5.74) is 13.1. The van der Waals surface area contributed by atoms with E-state index >= 15 is 0 Å². The fourth-order valence-corrected chi connectivity index (χ4v) is 5.08. The zero-order chi connectivity index (χ0) is 32.2. The van der Waals surface area contributed by atoms with E-state index in [-0.39, 0.29) is 25.3 Å². The maximum Gasteiger partial charge on any atom is 0.419 e. The third kappa shape index (κ3) is 7.65. The molecule has 2 aromatic carbocycles. The molecule has 238 valence electrons. The van der Waals surface area contributed by atoms with E-state index in [1.54, 1.807) is 26.8 Å². The molecule has 1 aromatic heterocycles. The van der Waals surface area contributed by atoms with E-state index in [1.165, 1.54) is 4.57 Å². The van der Waals surface area contributed by atoms with Crippen molar-refractivity contribution >= 4 is 22.9 Å². The first-order valence-corrected chi connectivity index (χ1v) is 14.4. The second-order valence-corrected chi connectivity index (χ2v) is 11.9. The number of hydrogen-bond donors (Lipinski definition) is 6. The lowest BCUT2D eigenvalue weighted by Gasteiger charge is -2.42. The second-order valence-electron chi connectivity index (χ2n) is 11.9. The minimum absolute atomic E-state index is 0.0564. The van der Waals surface area contributed by atoms with Gasteiger partial charge < -0.3 is 46.3 Å². The van der Waals surface area contributed by atoms with Crippen LogP contribution in [0.25, 0.3) is 10.9 Å². The van der Waals surface area contributed by atoms with Gasteiger partial charge in [0.1, 0.15) is 48.4 Å². The fourth-order valence-electron chi connectivity index (χ4n) is 5.08. The molecule has 12 nitrogen and oxygen atoms in total. The first-order valence-electron chi connectivity index (χ1n) is 14.4. The van der Waals surface area contributed by atoms with Gasteiger partial charge in [0.2, 0.25) is 5.91 Å². The van der Waals surface area contributed by atoms with Gasteiger partial charge >= 0.3 is 6.09 Å². The van der Waals surface area contributed by atoms with Crippen molar-refractivity contribution in [3.05, 3.63) is 84.3 Å². The molecule has 2 heterocycles. The van der Waals surface area contributed by atoms with E-state index < -0.39 is 60.2 Å². The number of benzene rings is 2. The van der Waals surface area contributed by atoms with Gasteiger partial charge in [-0.1, -0.05) is 55.1 Å². The number of aliphatic hydroxyl groups excluding tert-OH is 3. The zero-order valence-electron chi connectivity index (χ0n) is 25.1. The standard InChI is InChI=1S/C32H42N4O8/c1-18(42-17-19-10-6-5-7-11-19)22(35-30(40)25(34)29-28(39)27(38)26(37)24(16-33)43-29)15-21-14-20-12-8-9-13-23(20)36(21)31(41)44-32(2,3)4/h5-14,22,24-29,37-39H,1,15-17,33-34H2,2-4H3,(H,35,40)/t22-,24?,25?,26+,27?,28?,29-/m0/s1. The molecule has 0 bridgehead atoms. The number of fused-ring (bicyclic) bond motifs is 1. The van der Waals surface area contributed by atoms with Gasteiger partial charge in [-0.2, -0.15) is 0 Å². The van der Waals surface area contributed by atoms with Gasteiger partial charge in [0.15, 0.2) is 0 Å². The highest BCUT2D eigenvalue weighted by atomic mass is 16.6. The van der Waals surface area contributed by atoms with Crippen LogP contribution in [0.4, 0.5) is 4.79 Å². The lowest BCUT2D eigenvalue weighted by Crippen LogP contribution is -2.66. The monoisotopic (exact) mass is 610 g/mol. The van der Waals surface area contributed by atoms with Gasteiger partial charge in [-0.25, -0.2) is 9.36 Å². The van der Waals surface area contributed by atoms with Gasteiger partial charge in [0.05, 0.1) is 17.7 Å². The summed E-state index contributed by atoms with van der Waals surface area (Å²) < 4.78 is 18.7. The van der Waals surface area contributed by atoms with Crippen LogP contribution in [-0.4, -0.2) is 86.6 Å². The summed E-state index contributed by atoms with van der Waals surface area (Å²) in [6, 6.07) is 16.1. The average molecular weight is 611 g/mol. The van der Waals surface area contributed by atoms with Crippen molar-refractivity contribution in [2.75, 3.05) is 6.54 Å². The first kappa shape index (κ1) is 33.1. The summed E-state index contributed by atoms with van der Waals surface area (Å²) in [7, 11) is 0. The highest BCUT2D eigenvalue weighted by Crippen LogP contribution is 2.26. The summed E-state index contributed by atoms with van der Waals surface area (Å²) >= 11 is 0. The van der Waals surface area contributed by atoms with Gasteiger partial charge in [0.25, 0.3) is 0 Å². The normalized spacial score (nSPS) is 23.5. The number of nitrogens with one attached hydrogen (secondary N) is 1.